The topological polar surface area (TPSA) is 24.9 Å². The Morgan fingerprint density at radius 3 is 3.11 bits per heavy atom. The standard InChI is InChI=1S/C14H18N2S2/c1-2-7-13-12(6-1)16-14(18-13)17-10-8-11-5-3-4-9-15-11/h1-2,6-7,11,15H,3-5,8-10H2/t11-/m0/s1. The van der Waals surface area contributed by atoms with Crippen LogP contribution in [-0.2, 0) is 0 Å². The molecule has 2 heterocycles. The summed E-state index contributed by atoms with van der Waals surface area (Å²) in [5.41, 5.74) is 1.14. The number of nitrogens with zero attached hydrogens (tertiary/aromatic N) is 1. The largest absolute Gasteiger partial charge is 0.314 e. The maximum atomic E-state index is 4.66. The fourth-order valence-electron chi connectivity index (χ4n) is 2.37. The summed E-state index contributed by atoms with van der Waals surface area (Å²) in [6, 6.07) is 9.13. The zero-order valence-electron chi connectivity index (χ0n) is 10.4. The van der Waals surface area contributed by atoms with Crippen LogP contribution in [0.4, 0.5) is 0 Å². The van der Waals surface area contributed by atoms with Gasteiger partial charge < -0.3 is 5.32 Å². The molecule has 2 nitrogen and oxygen atoms in total. The van der Waals surface area contributed by atoms with Gasteiger partial charge >= 0.3 is 0 Å². The van der Waals surface area contributed by atoms with Crippen LogP contribution in [0.15, 0.2) is 28.6 Å². The van der Waals surface area contributed by atoms with Crippen LogP contribution in [0.2, 0.25) is 0 Å². The van der Waals surface area contributed by atoms with E-state index in [0.29, 0.717) is 0 Å². The SMILES string of the molecule is c1ccc2sc(SCC[C@@H]3CCCCN3)nc2c1. The molecule has 1 aliphatic rings. The number of benzene rings is 1. The van der Waals surface area contributed by atoms with Crippen LogP contribution in [0, 0.1) is 0 Å². The minimum Gasteiger partial charge on any atom is -0.314 e. The highest BCUT2D eigenvalue weighted by Gasteiger charge is 2.12. The molecule has 1 saturated heterocycles. The molecule has 0 unspecified atom stereocenters. The second kappa shape index (κ2) is 6.04. The number of hydrogen-bond donors (Lipinski definition) is 1. The first-order valence-electron chi connectivity index (χ1n) is 6.63. The summed E-state index contributed by atoms with van der Waals surface area (Å²) in [6.07, 6.45) is 5.35. The van der Waals surface area contributed by atoms with Gasteiger partial charge in [-0.15, -0.1) is 11.3 Å². The van der Waals surface area contributed by atoms with Gasteiger partial charge in [0.25, 0.3) is 0 Å². The molecule has 4 heteroatoms. The fraction of sp³-hybridized carbons (Fsp3) is 0.500. The average Bonchev–Trinajstić information content (AvgIpc) is 2.82. The first-order valence-corrected chi connectivity index (χ1v) is 8.44. The summed E-state index contributed by atoms with van der Waals surface area (Å²) in [5.74, 6) is 1.18. The lowest BCUT2D eigenvalue weighted by atomic mass is 10.0. The molecule has 0 spiro atoms. The van der Waals surface area contributed by atoms with E-state index in [-0.39, 0.29) is 0 Å². The van der Waals surface area contributed by atoms with Crippen LogP contribution in [0.3, 0.4) is 0 Å². The van der Waals surface area contributed by atoms with Gasteiger partial charge in [-0.25, -0.2) is 4.98 Å². The molecule has 0 radical (unpaired) electrons. The summed E-state index contributed by atoms with van der Waals surface area (Å²) >= 11 is 3.72. The molecular weight excluding hydrogens is 260 g/mol. The number of aromatic nitrogens is 1. The van der Waals surface area contributed by atoms with Crippen molar-refractivity contribution in [2.75, 3.05) is 12.3 Å². The Morgan fingerprint density at radius 1 is 1.33 bits per heavy atom. The normalized spacial score (nSPS) is 20.3. The van der Waals surface area contributed by atoms with Crippen molar-refractivity contribution in [3.8, 4) is 0 Å². The van der Waals surface area contributed by atoms with E-state index in [1.807, 2.05) is 23.1 Å². The lowest BCUT2D eigenvalue weighted by Gasteiger charge is -2.22. The molecule has 96 valence electrons. The lowest BCUT2D eigenvalue weighted by molar-refractivity contribution is 0.395. The Morgan fingerprint density at radius 2 is 2.28 bits per heavy atom. The number of thiazole rings is 1. The van der Waals surface area contributed by atoms with Crippen molar-refractivity contribution in [3.05, 3.63) is 24.3 Å². The van der Waals surface area contributed by atoms with Gasteiger partial charge in [-0.1, -0.05) is 30.3 Å². The van der Waals surface area contributed by atoms with E-state index in [2.05, 4.69) is 34.6 Å². The number of para-hydroxylation sites is 1. The van der Waals surface area contributed by atoms with E-state index in [0.717, 1.165) is 11.6 Å². The molecule has 1 N–H and O–H groups in total. The highest BCUT2D eigenvalue weighted by atomic mass is 32.2. The van der Waals surface area contributed by atoms with Crippen molar-refractivity contribution in [2.45, 2.75) is 36.1 Å². The number of thioether (sulfide) groups is 1. The van der Waals surface area contributed by atoms with Crippen molar-refractivity contribution >= 4 is 33.3 Å². The van der Waals surface area contributed by atoms with Crippen LogP contribution < -0.4 is 5.32 Å². The third kappa shape index (κ3) is 3.05. The van der Waals surface area contributed by atoms with Gasteiger partial charge in [-0.2, -0.15) is 0 Å². The monoisotopic (exact) mass is 278 g/mol. The van der Waals surface area contributed by atoms with Crippen molar-refractivity contribution in [1.29, 1.82) is 0 Å². The minimum atomic E-state index is 0.737. The molecular formula is C14H18N2S2. The molecule has 2 aromatic rings. The Balaban J connectivity index is 1.53. The molecule has 1 aromatic carbocycles. The number of nitrogens with one attached hydrogen (secondary N) is 1. The molecule has 0 saturated carbocycles. The maximum Gasteiger partial charge on any atom is 0.151 e. The first-order chi connectivity index (χ1) is 8.92. The smallest absolute Gasteiger partial charge is 0.151 e. The van der Waals surface area contributed by atoms with Gasteiger partial charge in [0.2, 0.25) is 0 Å². The number of piperidine rings is 1. The second-order valence-corrected chi connectivity index (χ2v) is 7.10. The summed E-state index contributed by atoms with van der Waals surface area (Å²) in [7, 11) is 0. The van der Waals surface area contributed by atoms with Crippen LogP contribution >= 0.6 is 23.1 Å². The van der Waals surface area contributed by atoms with Crippen molar-refractivity contribution in [3.63, 3.8) is 0 Å². The Hall–Kier alpha value is -0.580. The van der Waals surface area contributed by atoms with Crippen LogP contribution in [0.25, 0.3) is 10.2 Å². The highest BCUT2D eigenvalue weighted by Crippen LogP contribution is 2.30. The van der Waals surface area contributed by atoms with Crippen LogP contribution in [0.5, 0.6) is 0 Å². The zero-order valence-corrected chi connectivity index (χ0v) is 12.0. The molecule has 18 heavy (non-hydrogen) atoms. The summed E-state index contributed by atoms with van der Waals surface area (Å²) in [6.45, 7) is 1.20. The third-order valence-electron chi connectivity index (χ3n) is 3.38. The molecule has 3 rings (SSSR count). The van der Waals surface area contributed by atoms with E-state index >= 15 is 0 Å². The van der Waals surface area contributed by atoms with Crippen LogP contribution in [0.1, 0.15) is 25.7 Å². The van der Waals surface area contributed by atoms with Crippen molar-refractivity contribution < 1.29 is 0 Å². The fourth-order valence-corrected chi connectivity index (χ4v) is 4.56. The van der Waals surface area contributed by atoms with Gasteiger partial charge in [0.05, 0.1) is 10.2 Å². The molecule has 1 aromatic heterocycles. The van der Waals surface area contributed by atoms with Gasteiger partial charge in [0.1, 0.15) is 0 Å². The van der Waals surface area contributed by atoms with Gasteiger partial charge in [0.15, 0.2) is 4.34 Å². The molecule has 1 atom stereocenters. The van der Waals surface area contributed by atoms with E-state index < -0.39 is 0 Å². The summed E-state index contributed by atoms with van der Waals surface area (Å²) in [5, 5.41) is 3.60. The van der Waals surface area contributed by atoms with Gasteiger partial charge in [-0.05, 0) is 37.9 Å². The molecule has 0 aliphatic carbocycles. The summed E-state index contributed by atoms with van der Waals surface area (Å²) < 4.78 is 2.52. The van der Waals surface area contributed by atoms with Gasteiger partial charge in [0, 0.05) is 11.8 Å². The second-order valence-electron chi connectivity index (χ2n) is 4.73. The van der Waals surface area contributed by atoms with Crippen LogP contribution in [-0.4, -0.2) is 23.3 Å². The number of fused-ring (bicyclic) bond motifs is 1. The number of hydrogen-bond acceptors (Lipinski definition) is 4. The maximum absolute atomic E-state index is 4.66. The highest BCUT2D eigenvalue weighted by molar-refractivity contribution is 8.01. The predicted octanol–water partition coefficient (Wildman–Crippen LogP) is 3.92. The van der Waals surface area contributed by atoms with Crippen molar-refractivity contribution in [2.24, 2.45) is 0 Å². The van der Waals surface area contributed by atoms with E-state index in [1.54, 1.807) is 0 Å². The predicted molar refractivity (Wildman–Crippen MR) is 80.6 cm³/mol. The quantitative estimate of drug-likeness (QED) is 0.858. The number of rotatable bonds is 4. The molecule has 0 amide bonds. The average molecular weight is 278 g/mol. The Kier molecular flexibility index (Phi) is 4.18. The van der Waals surface area contributed by atoms with Crippen molar-refractivity contribution in [1.82, 2.24) is 10.3 Å². The summed E-state index contributed by atoms with van der Waals surface area (Å²) in [4.78, 5) is 4.66. The molecule has 1 fully saturated rings. The third-order valence-corrected chi connectivity index (χ3v) is 5.59. The first kappa shape index (κ1) is 12.5. The Bertz CT molecular complexity index is 470. The van der Waals surface area contributed by atoms with E-state index in [1.165, 1.54) is 47.0 Å². The van der Waals surface area contributed by atoms with Gasteiger partial charge in [-0.3, -0.25) is 0 Å². The lowest BCUT2D eigenvalue weighted by Crippen LogP contribution is -2.34. The zero-order chi connectivity index (χ0) is 12.2. The van der Waals surface area contributed by atoms with E-state index in [9.17, 15) is 0 Å². The molecule has 0 bridgehead atoms. The Labute approximate surface area is 116 Å². The molecule has 1 aliphatic heterocycles. The van der Waals surface area contributed by atoms with E-state index in [4.69, 9.17) is 0 Å². The minimum absolute atomic E-state index is 0.737.